The smallest absolute Gasteiger partial charge is 0.228 e. The third kappa shape index (κ3) is 2.95. The van der Waals surface area contributed by atoms with Crippen LogP contribution in [0.4, 0.5) is 0 Å². The minimum atomic E-state index is -0.742. The molecule has 2 N–H and O–H groups in total. The van der Waals surface area contributed by atoms with Gasteiger partial charge in [-0.05, 0) is 19.4 Å². The monoisotopic (exact) mass is 228 g/mol. The van der Waals surface area contributed by atoms with Gasteiger partial charge >= 0.3 is 0 Å². The van der Waals surface area contributed by atoms with Crippen molar-refractivity contribution < 1.29 is 9.90 Å². The SMILES string of the molecule is CCC(C)(C)C(=O)N(C)CC1(O)CCNC1. The Bertz CT molecular complexity index is 258. The number of amides is 1. The summed E-state index contributed by atoms with van der Waals surface area (Å²) < 4.78 is 0. The van der Waals surface area contributed by atoms with Crippen molar-refractivity contribution in [2.24, 2.45) is 5.41 Å². The van der Waals surface area contributed by atoms with Crippen molar-refractivity contribution in [3.05, 3.63) is 0 Å². The highest BCUT2D eigenvalue weighted by Gasteiger charge is 2.36. The molecule has 0 saturated carbocycles. The highest BCUT2D eigenvalue weighted by Crippen LogP contribution is 2.24. The molecule has 94 valence electrons. The number of likely N-dealkylation sites (N-methyl/N-ethyl adjacent to an activating group) is 1. The summed E-state index contributed by atoms with van der Waals surface area (Å²) in [6.45, 7) is 7.73. The zero-order valence-corrected chi connectivity index (χ0v) is 10.8. The predicted molar refractivity (Wildman–Crippen MR) is 64.1 cm³/mol. The van der Waals surface area contributed by atoms with Crippen LogP contribution in [0.15, 0.2) is 0 Å². The molecule has 16 heavy (non-hydrogen) atoms. The molecule has 1 amide bonds. The Morgan fingerprint density at radius 3 is 2.62 bits per heavy atom. The van der Waals surface area contributed by atoms with E-state index in [1.165, 1.54) is 0 Å². The third-order valence-corrected chi connectivity index (χ3v) is 3.56. The van der Waals surface area contributed by atoms with Gasteiger partial charge in [0.25, 0.3) is 0 Å². The van der Waals surface area contributed by atoms with Crippen LogP contribution in [0.3, 0.4) is 0 Å². The number of nitrogens with one attached hydrogen (secondary N) is 1. The first-order valence-electron chi connectivity index (χ1n) is 5.99. The van der Waals surface area contributed by atoms with E-state index in [9.17, 15) is 9.90 Å². The zero-order valence-electron chi connectivity index (χ0n) is 10.8. The molecule has 1 rings (SSSR count). The summed E-state index contributed by atoms with van der Waals surface area (Å²) in [7, 11) is 1.77. The molecule has 0 aromatic rings. The first kappa shape index (κ1) is 13.5. The largest absolute Gasteiger partial charge is 0.387 e. The van der Waals surface area contributed by atoms with E-state index in [1.54, 1.807) is 11.9 Å². The highest BCUT2D eigenvalue weighted by atomic mass is 16.3. The number of hydrogen-bond acceptors (Lipinski definition) is 3. The number of carbonyl (C=O) groups is 1. The van der Waals surface area contributed by atoms with Crippen LogP contribution in [0.25, 0.3) is 0 Å². The Hall–Kier alpha value is -0.610. The Kier molecular flexibility index (Phi) is 3.97. The van der Waals surface area contributed by atoms with Crippen molar-refractivity contribution in [2.75, 3.05) is 26.7 Å². The van der Waals surface area contributed by atoms with Gasteiger partial charge in [0.15, 0.2) is 0 Å². The molecule has 0 radical (unpaired) electrons. The van der Waals surface area contributed by atoms with E-state index in [4.69, 9.17) is 0 Å². The van der Waals surface area contributed by atoms with Gasteiger partial charge in [-0.3, -0.25) is 4.79 Å². The fraction of sp³-hybridized carbons (Fsp3) is 0.917. The minimum absolute atomic E-state index is 0.107. The van der Waals surface area contributed by atoms with Crippen molar-refractivity contribution in [1.82, 2.24) is 10.2 Å². The van der Waals surface area contributed by atoms with E-state index in [0.29, 0.717) is 13.1 Å². The normalized spacial score (nSPS) is 25.8. The number of nitrogens with zero attached hydrogens (tertiary/aromatic N) is 1. The first-order chi connectivity index (χ1) is 7.31. The van der Waals surface area contributed by atoms with Crippen molar-refractivity contribution in [3.63, 3.8) is 0 Å². The lowest BCUT2D eigenvalue weighted by Crippen LogP contribution is -2.48. The predicted octanol–water partition coefficient (Wildman–Crippen LogP) is 0.605. The average molecular weight is 228 g/mol. The van der Waals surface area contributed by atoms with Gasteiger partial charge in [-0.1, -0.05) is 20.8 Å². The maximum Gasteiger partial charge on any atom is 0.228 e. The fourth-order valence-electron chi connectivity index (χ4n) is 2.05. The fourth-order valence-corrected chi connectivity index (χ4v) is 2.05. The van der Waals surface area contributed by atoms with Crippen LogP contribution in [0.5, 0.6) is 0 Å². The summed E-state index contributed by atoms with van der Waals surface area (Å²) in [5.41, 5.74) is -1.08. The second-order valence-electron chi connectivity index (χ2n) is 5.55. The Morgan fingerprint density at radius 2 is 2.19 bits per heavy atom. The van der Waals surface area contributed by atoms with Crippen LogP contribution >= 0.6 is 0 Å². The summed E-state index contributed by atoms with van der Waals surface area (Å²) in [6, 6.07) is 0. The molecule has 1 atom stereocenters. The van der Waals surface area contributed by atoms with Crippen LogP contribution in [0, 0.1) is 5.41 Å². The molecule has 0 aromatic heterocycles. The second kappa shape index (κ2) is 4.72. The average Bonchev–Trinajstić information content (AvgIpc) is 2.63. The molecule has 0 bridgehead atoms. The van der Waals surface area contributed by atoms with E-state index < -0.39 is 5.60 Å². The molecule has 0 aromatic carbocycles. The van der Waals surface area contributed by atoms with Crippen LogP contribution in [-0.4, -0.2) is 48.2 Å². The topological polar surface area (TPSA) is 52.6 Å². The highest BCUT2D eigenvalue weighted by molar-refractivity contribution is 5.81. The summed E-state index contributed by atoms with van der Waals surface area (Å²) in [5, 5.41) is 13.3. The van der Waals surface area contributed by atoms with Gasteiger partial charge in [0.1, 0.15) is 0 Å². The van der Waals surface area contributed by atoms with Gasteiger partial charge in [-0.25, -0.2) is 0 Å². The van der Waals surface area contributed by atoms with Crippen molar-refractivity contribution in [1.29, 1.82) is 0 Å². The van der Waals surface area contributed by atoms with E-state index in [-0.39, 0.29) is 11.3 Å². The molecular weight excluding hydrogens is 204 g/mol. The molecule has 4 nitrogen and oxygen atoms in total. The lowest BCUT2D eigenvalue weighted by atomic mass is 9.88. The lowest BCUT2D eigenvalue weighted by molar-refractivity contribution is -0.142. The second-order valence-corrected chi connectivity index (χ2v) is 5.55. The molecule has 1 heterocycles. The van der Waals surface area contributed by atoms with E-state index >= 15 is 0 Å². The standard InChI is InChI=1S/C12H24N2O2/c1-5-11(2,3)10(15)14(4)9-12(16)6-7-13-8-12/h13,16H,5-9H2,1-4H3. The summed E-state index contributed by atoms with van der Waals surface area (Å²) in [5.74, 6) is 0.107. The van der Waals surface area contributed by atoms with Gasteiger partial charge in [0.2, 0.25) is 5.91 Å². The van der Waals surface area contributed by atoms with Gasteiger partial charge in [0, 0.05) is 19.0 Å². The summed E-state index contributed by atoms with van der Waals surface area (Å²) >= 11 is 0. The number of carbonyl (C=O) groups excluding carboxylic acids is 1. The van der Waals surface area contributed by atoms with E-state index in [0.717, 1.165) is 19.4 Å². The lowest BCUT2D eigenvalue weighted by Gasteiger charge is -2.33. The molecule has 1 fully saturated rings. The maximum atomic E-state index is 12.1. The van der Waals surface area contributed by atoms with Gasteiger partial charge in [0.05, 0.1) is 12.1 Å². The van der Waals surface area contributed by atoms with Crippen LogP contribution < -0.4 is 5.32 Å². The van der Waals surface area contributed by atoms with E-state index in [1.807, 2.05) is 20.8 Å². The van der Waals surface area contributed by atoms with Crippen LogP contribution in [-0.2, 0) is 4.79 Å². The maximum absolute atomic E-state index is 12.1. The molecule has 0 spiro atoms. The molecule has 1 unspecified atom stereocenters. The number of hydrogen-bond donors (Lipinski definition) is 2. The summed E-state index contributed by atoms with van der Waals surface area (Å²) in [4.78, 5) is 13.8. The third-order valence-electron chi connectivity index (χ3n) is 3.56. The van der Waals surface area contributed by atoms with Gasteiger partial charge in [-0.2, -0.15) is 0 Å². The molecular formula is C12H24N2O2. The number of rotatable bonds is 4. The molecule has 1 aliphatic rings. The molecule has 0 aliphatic carbocycles. The minimum Gasteiger partial charge on any atom is -0.387 e. The van der Waals surface area contributed by atoms with Gasteiger partial charge < -0.3 is 15.3 Å². The number of β-amino-alcohol motifs (C(OH)–C–C–N with tert-alkyl or cyclic N) is 1. The molecule has 4 heteroatoms. The summed E-state index contributed by atoms with van der Waals surface area (Å²) in [6.07, 6.45) is 1.53. The van der Waals surface area contributed by atoms with Crippen LogP contribution in [0.1, 0.15) is 33.6 Å². The Labute approximate surface area is 98.0 Å². The van der Waals surface area contributed by atoms with Gasteiger partial charge in [-0.15, -0.1) is 0 Å². The number of aliphatic hydroxyl groups is 1. The van der Waals surface area contributed by atoms with E-state index in [2.05, 4.69) is 5.32 Å². The quantitative estimate of drug-likeness (QED) is 0.741. The molecule has 1 aliphatic heterocycles. The first-order valence-corrected chi connectivity index (χ1v) is 5.99. The molecule has 1 saturated heterocycles. The van der Waals surface area contributed by atoms with Crippen molar-refractivity contribution in [2.45, 2.75) is 39.2 Å². The van der Waals surface area contributed by atoms with Crippen molar-refractivity contribution >= 4 is 5.91 Å². The Morgan fingerprint density at radius 1 is 1.56 bits per heavy atom. The Balaban J connectivity index is 2.58. The zero-order chi connectivity index (χ0) is 12.4. The van der Waals surface area contributed by atoms with Crippen molar-refractivity contribution in [3.8, 4) is 0 Å². The van der Waals surface area contributed by atoms with Crippen LogP contribution in [0.2, 0.25) is 0 Å².